The zero-order valence-electron chi connectivity index (χ0n) is 9.87. The van der Waals surface area contributed by atoms with E-state index in [0.29, 0.717) is 12.0 Å². The van der Waals surface area contributed by atoms with Gasteiger partial charge in [0.15, 0.2) is 0 Å². The van der Waals surface area contributed by atoms with Crippen molar-refractivity contribution >= 4 is 11.5 Å². The Morgan fingerprint density at radius 1 is 1.44 bits per heavy atom. The number of primary amides is 1. The molecule has 1 aromatic heterocycles. The van der Waals surface area contributed by atoms with Crippen molar-refractivity contribution in [2.75, 3.05) is 0 Å². The van der Waals surface area contributed by atoms with E-state index in [4.69, 9.17) is 5.73 Å². The predicted molar refractivity (Wildman–Crippen MR) is 63.8 cm³/mol. The van der Waals surface area contributed by atoms with Gasteiger partial charge in [-0.3, -0.25) is 9.78 Å². The van der Waals surface area contributed by atoms with Crippen LogP contribution in [0.1, 0.15) is 37.6 Å². The third-order valence-corrected chi connectivity index (χ3v) is 2.89. The van der Waals surface area contributed by atoms with Gasteiger partial charge in [0.1, 0.15) is 0 Å². The van der Waals surface area contributed by atoms with E-state index in [2.05, 4.69) is 25.8 Å². The number of allylic oxidation sites excluding steroid dienone is 1. The van der Waals surface area contributed by atoms with E-state index >= 15 is 0 Å². The highest BCUT2D eigenvalue weighted by molar-refractivity contribution is 6.20. The number of carbonyl (C=O) groups excluding carboxylic acids is 1. The summed E-state index contributed by atoms with van der Waals surface area (Å²) in [5, 5.41) is 0. The molecule has 1 amide bonds. The van der Waals surface area contributed by atoms with Crippen LogP contribution in [0.4, 0.5) is 0 Å². The molecule has 1 aliphatic rings. The Bertz CT molecular complexity index is 481. The topological polar surface area (TPSA) is 56.0 Å². The van der Waals surface area contributed by atoms with Crippen LogP contribution in [0, 0.1) is 0 Å². The number of nitrogens with two attached hydrogens (primary N) is 1. The minimum absolute atomic E-state index is 0.0351. The molecule has 1 aromatic rings. The molecule has 0 fully saturated rings. The van der Waals surface area contributed by atoms with Crippen LogP contribution in [0.2, 0.25) is 0 Å². The second kappa shape index (κ2) is 3.44. The first-order chi connectivity index (χ1) is 7.39. The highest BCUT2D eigenvalue weighted by Crippen LogP contribution is 2.30. The minimum Gasteiger partial charge on any atom is -0.366 e. The van der Waals surface area contributed by atoms with Crippen molar-refractivity contribution in [3.8, 4) is 0 Å². The lowest BCUT2D eigenvalue weighted by Crippen LogP contribution is -2.15. The molecule has 0 saturated carbocycles. The number of rotatable bonds is 1. The number of pyridine rings is 1. The number of fused-ring (bicyclic) bond motifs is 1. The van der Waals surface area contributed by atoms with Crippen molar-refractivity contribution in [2.24, 2.45) is 5.73 Å². The third-order valence-electron chi connectivity index (χ3n) is 2.89. The van der Waals surface area contributed by atoms with Gasteiger partial charge in [0.2, 0.25) is 5.91 Å². The quantitative estimate of drug-likeness (QED) is 0.778. The first-order valence-corrected chi connectivity index (χ1v) is 5.39. The second-order valence-electron chi connectivity index (χ2n) is 5.15. The molecular weight excluding hydrogens is 200 g/mol. The fourth-order valence-corrected chi connectivity index (χ4v) is 1.84. The Labute approximate surface area is 95.4 Å². The Morgan fingerprint density at radius 2 is 2.12 bits per heavy atom. The van der Waals surface area contributed by atoms with E-state index in [9.17, 15) is 4.79 Å². The number of amides is 1. The number of aromatic nitrogens is 1. The van der Waals surface area contributed by atoms with Crippen molar-refractivity contribution in [3.05, 3.63) is 35.2 Å². The van der Waals surface area contributed by atoms with Crippen LogP contribution in [-0.2, 0) is 16.6 Å². The molecule has 0 aromatic carbocycles. The number of hydrogen-bond acceptors (Lipinski definition) is 2. The van der Waals surface area contributed by atoms with Crippen LogP contribution < -0.4 is 5.73 Å². The molecule has 3 heteroatoms. The summed E-state index contributed by atoms with van der Waals surface area (Å²) in [7, 11) is 0. The van der Waals surface area contributed by atoms with Crippen LogP contribution in [0.25, 0.3) is 5.57 Å². The fraction of sp³-hybridized carbons (Fsp3) is 0.385. The molecule has 2 N–H and O–H groups in total. The maximum atomic E-state index is 11.3. The Morgan fingerprint density at radius 3 is 2.69 bits per heavy atom. The maximum absolute atomic E-state index is 11.3. The van der Waals surface area contributed by atoms with E-state index in [1.165, 1.54) is 0 Å². The van der Waals surface area contributed by atoms with Gasteiger partial charge in [-0.25, -0.2) is 0 Å². The summed E-state index contributed by atoms with van der Waals surface area (Å²) >= 11 is 0. The SMILES string of the molecule is CC(C)(C)c1cnc2c(c1)C(C(N)=O)=CC2. The highest BCUT2D eigenvalue weighted by atomic mass is 16.1. The molecule has 0 unspecified atom stereocenters. The number of carbonyl (C=O) groups is 1. The van der Waals surface area contributed by atoms with Gasteiger partial charge in [0.25, 0.3) is 0 Å². The molecule has 2 rings (SSSR count). The van der Waals surface area contributed by atoms with Crippen LogP contribution in [-0.4, -0.2) is 10.9 Å². The molecule has 1 heterocycles. The van der Waals surface area contributed by atoms with E-state index in [-0.39, 0.29) is 11.3 Å². The molecule has 0 aliphatic heterocycles. The number of nitrogens with zero attached hydrogens (tertiary/aromatic N) is 1. The smallest absolute Gasteiger partial charge is 0.249 e. The maximum Gasteiger partial charge on any atom is 0.249 e. The second-order valence-corrected chi connectivity index (χ2v) is 5.15. The molecule has 0 saturated heterocycles. The van der Waals surface area contributed by atoms with Crippen molar-refractivity contribution in [3.63, 3.8) is 0 Å². The fourth-order valence-electron chi connectivity index (χ4n) is 1.84. The molecule has 0 bridgehead atoms. The standard InChI is InChI=1S/C13H16N2O/c1-13(2,3)8-6-10-9(12(14)16)4-5-11(10)15-7-8/h4,6-7H,5H2,1-3H3,(H2,14,16). The first-order valence-electron chi connectivity index (χ1n) is 5.39. The lowest BCUT2D eigenvalue weighted by molar-refractivity contribution is -0.112. The molecule has 84 valence electrons. The summed E-state index contributed by atoms with van der Waals surface area (Å²) in [5.41, 5.74) is 8.95. The van der Waals surface area contributed by atoms with E-state index in [1.807, 2.05) is 18.3 Å². The number of hydrogen-bond donors (Lipinski definition) is 1. The van der Waals surface area contributed by atoms with Crippen molar-refractivity contribution in [2.45, 2.75) is 32.6 Å². The normalized spacial score (nSPS) is 14.6. The van der Waals surface area contributed by atoms with Crippen LogP contribution in [0.15, 0.2) is 18.3 Å². The largest absolute Gasteiger partial charge is 0.366 e. The van der Waals surface area contributed by atoms with E-state index < -0.39 is 0 Å². The van der Waals surface area contributed by atoms with Gasteiger partial charge in [0, 0.05) is 23.8 Å². The van der Waals surface area contributed by atoms with E-state index in [1.54, 1.807) is 0 Å². The van der Waals surface area contributed by atoms with Crippen LogP contribution >= 0.6 is 0 Å². The lowest BCUT2D eigenvalue weighted by Gasteiger charge is -2.19. The van der Waals surface area contributed by atoms with Gasteiger partial charge in [0.05, 0.1) is 5.69 Å². The van der Waals surface area contributed by atoms with Gasteiger partial charge < -0.3 is 5.73 Å². The van der Waals surface area contributed by atoms with Gasteiger partial charge in [-0.2, -0.15) is 0 Å². The summed E-state index contributed by atoms with van der Waals surface area (Å²) in [5.74, 6) is -0.369. The van der Waals surface area contributed by atoms with Gasteiger partial charge in [-0.15, -0.1) is 0 Å². The molecule has 3 nitrogen and oxygen atoms in total. The van der Waals surface area contributed by atoms with Gasteiger partial charge in [-0.05, 0) is 17.0 Å². The van der Waals surface area contributed by atoms with E-state index in [0.717, 1.165) is 16.8 Å². The Hall–Kier alpha value is -1.64. The lowest BCUT2D eigenvalue weighted by atomic mass is 9.87. The van der Waals surface area contributed by atoms with Crippen LogP contribution in [0.5, 0.6) is 0 Å². The Balaban J connectivity index is 2.51. The summed E-state index contributed by atoms with van der Waals surface area (Å²) in [4.78, 5) is 15.6. The summed E-state index contributed by atoms with van der Waals surface area (Å²) in [6.45, 7) is 6.37. The predicted octanol–water partition coefficient (Wildman–Crippen LogP) is 1.80. The minimum atomic E-state index is -0.369. The first kappa shape index (κ1) is 10.9. The average molecular weight is 216 g/mol. The summed E-state index contributed by atoms with van der Waals surface area (Å²) in [6.07, 6.45) is 4.45. The van der Waals surface area contributed by atoms with Gasteiger partial charge >= 0.3 is 0 Å². The molecule has 0 atom stereocenters. The van der Waals surface area contributed by atoms with Crippen molar-refractivity contribution in [1.82, 2.24) is 4.98 Å². The van der Waals surface area contributed by atoms with Crippen molar-refractivity contribution < 1.29 is 4.79 Å². The monoisotopic (exact) mass is 216 g/mol. The van der Waals surface area contributed by atoms with Crippen molar-refractivity contribution in [1.29, 1.82) is 0 Å². The third kappa shape index (κ3) is 1.73. The zero-order chi connectivity index (χ0) is 11.9. The summed E-state index contributed by atoms with van der Waals surface area (Å²) < 4.78 is 0. The molecular formula is C13H16N2O. The highest BCUT2D eigenvalue weighted by Gasteiger charge is 2.22. The van der Waals surface area contributed by atoms with Crippen LogP contribution in [0.3, 0.4) is 0 Å². The Kier molecular flexibility index (Phi) is 2.34. The molecule has 0 spiro atoms. The molecule has 1 aliphatic carbocycles. The average Bonchev–Trinajstić information content (AvgIpc) is 2.58. The van der Waals surface area contributed by atoms with Gasteiger partial charge in [-0.1, -0.05) is 26.8 Å². The molecule has 16 heavy (non-hydrogen) atoms. The summed E-state index contributed by atoms with van der Waals surface area (Å²) in [6, 6.07) is 2.03. The zero-order valence-corrected chi connectivity index (χ0v) is 9.87. The molecule has 0 radical (unpaired) electrons.